The molecule has 0 spiro atoms. The fourth-order valence-electron chi connectivity index (χ4n) is 3.35. The van der Waals surface area contributed by atoms with Gasteiger partial charge < -0.3 is 9.47 Å². The molecule has 3 aromatic rings. The number of sulfonamides is 1. The van der Waals surface area contributed by atoms with Crippen molar-refractivity contribution in [1.82, 2.24) is 5.01 Å². The number of benzene rings is 3. The molecule has 11 nitrogen and oxygen atoms in total. The summed E-state index contributed by atoms with van der Waals surface area (Å²) in [6.45, 7) is -0.127. The molecule has 1 aliphatic rings. The Morgan fingerprint density at radius 1 is 1.08 bits per heavy atom. The molecule has 0 N–H and O–H groups in total. The molecule has 3 aromatic carbocycles. The number of hydrogen-bond acceptors (Lipinski definition) is 9. The van der Waals surface area contributed by atoms with Crippen molar-refractivity contribution < 1.29 is 27.6 Å². The third-order valence-corrected chi connectivity index (χ3v) is 6.49. The monoisotopic (exact) mass is 508 g/mol. The number of esters is 1. The summed E-state index contributed by atoms with van der Waals surface area (Å²) in [6.07, 6.45) is 1.41. The van der Waals surface area contributed by atoms with Crippen LogP contribution in [0.1, 0.15) is 21.5 Å². The minimum absolute atomic E-state index is 0.00589. The lowest BCUT2D eigenvalue weighted by Crippen LogP contribution is -2.30. The van der Waals surface area contributed by atoms with E-state index in [4.69, 9.17) is 9.47 Å². The molecule has 36 heavy (non-hydrogen) atoms. The molecule has 0 saturated carbocycles. The zero-order valence-electron chi connectivity index (χ0n) is 19.0. The maximum Gasteiger partial charge on any atom is 0.338 e. The number of carbonyl (C=O) groups excluding carboxylic acids is 1. The Morgan fingerprint density at radius 2 is 1.78 bits per heavy atom. The first-order chi connectivity index (χ1) is 17.3. The third-order valence-electron chi connectivity index (χ3n) is 5.17. The van der Waals surface area contributed by atoms with Gasteiger partial charge in [-0.15, -0.1) is 4.40 Å². The zero-order valence-corrected chi connectivity index (χ0v) is 19.8. The summed E-state index contributed by atoms with van der Waals surface area (Å²) in [6, 6.07) is 18.4. The summed E-state index contributed by atoms with van der Waals surface area (Å²) in [4.78, 5) is 22.8. The highest BCUT2D eigenvalue weighted by Crippen LogP contribution is 2.27. The van der Waals surface area contributed by atoms with Crippen LogP contribution in [0.5, 0.6) is 5.75 Å². The van der Waals surface area contributed by atoms with Gasteiger partial charge in [-0.05, 0) is 54.1 Å². The molecule has 0 aromatic heterocycles. The maximum absolute atomic E-state index is 12.5. The predicted molar refractivity (Wildman–Crippen MR) is 131 cm³/mol. The number of amidine groups is 1. The standard InChI is InChI=1S/C24H20N4O7S/c1-34-20-12-8-18(9-13-20)24(29)35-15-14-27(25-16-17-6-10-19(11-7-17)28(30)31)23-21-4-2-3-5-22(21)36(32,33)26-23/h2-13,16H,14-15H2,1H3/b25-16-. The molecule has 0 fully saturated rings. The number of fused-ring (bicyclic) bond motifs is 1. The molecule has 4 rings (SSSR count). The van der Waals surface area contributed by atoms with Gasteiger partial charge in [0.1, 0.15) is 17.3 Å². The van der Waals surface area contributed by atoms with E-state index in [1.807, 2.05) is 0 Å². The van der Waals surface area contributed by atoms with Gasteiger partial charge in [-0.25, -0.2) is 9.80 Å². The van der Waals surface area contributed by atoms with Crippen LogP contribution in [0.25, 0.3) is 0 Å². The normalized spacial score (nSPS) is 13.6. The second-order valence-electron chi connectivity index (χ2n) is 7.47. The average Bonchev–Trinajstić information content (AvgIpc) is 3.17. The minimum atomic E-state index is -3.91. The number of nitro groups is 1. The van der Waals surface area contributed by atoms with Gasteiger partial charge in [0.15, 0.2) is 5.84 Å². The molecule has 0 radical (unpaired) electrons. The Bertz CT molecular complexity index is 1450. The van der Waals surface area contributed by atoms with Gasteiger partial charge >= 0.3 is 5.97 Å². The first kappa shape index (κ1) is 24.5. The van der Waals surface area contributed by atoms with Crippen LogP contribution in [-0.2, 0) is 14.8 Å². The molecule has 0 bridgehead atoms. The number of nitro benzene ring substituents is 1. The Kier molecular flexibility index (Phi) is 7.06. The van der Waals surface area contributed by atoms with E-state index in [2.05, 4.69) is 9.50 Å². The van der Waals surface area contributed by atoms with Gasteiger partial charge in [-0.2, -0.15) is 13.5 Å². The number of carbonyl (C=O) groups is 1. The van der Waals surface area contributed by atoms with E-state index in [9.17, 15) is 23.3 Å². The molecule has 0 amide bonds. The molecular formula is C24H20N4O7S. The second-order valence-corrected chi connectivity index (χ2v) is 9.04. The highest BCUT2D eigenvalue weighted by atomic mass is 32.2. The van der Waals surface area contributed by atoms with E-state index in [1.165, 1.54) is 48.7 Å². The molecule has 0 atom stereocenters. The van der Waals surface area contributed by atoms with Crippen molar-refractivity contribution in [3.8, 4) is 5.75 Å². The van der Waals surface area contributed by atoms with Crippen LogP contribution < -0.4 is 4.74 Å². The lowest BCUT2D eigenvalue weighted by molar-refractivity contribution is -0.384. The highest BCUT2D eigenvalue weighted by molar-refractivity contribution is 7.90. The van der Waals surface area contributed by atoms with Crippen LogP contribution >= 0.6 is 0 Å². The Labute approximate surface area is 206 Å². The van der Waals surface area contributed by atoms with Gasteiger partial charge in [0.05, 0.1) is 30.4 Å². The molecule has 12 heteroatoms. The van der Waals surface area contributed by atoms with Crippen molar-refractivity contribution >= 4 is 33.7 Å². The smallest absolute Gasteiger partial charge is 0.338 e. The van der Waals surface area contributed by atoms with Crippen LogP contribution in [0, 0.1) is 10.1 Å². The largest absolute Gasteiger partial charge is 0.497 e. The number of rotatable bonds is 8. The molecule has 184 valence electrons. The number of hydrogen-bond donors (Lipinski definition) is 0. The van der Waals surface area contributed by atoms with Crippen LogP contribution in [0.15, 0.2) is 87.2 Å². The van der Waals surface area contributed by atoms with Crippen LogP contribution in [-0.4, -0.2) is 56.6 Å². The molecule has 1 aliphatic heterocycles. The fourth-order valence-corrected chi connectivity index (χ4v) is 4.55. The SMILES string of the molecule is COc1ccc(C(=O)OCCN(/N=C\c2ccc([N+](=O)[O-])cc2)C2=NS(=O)(=O)c3ccccc32)cc1. The Balaban J connectivity index is 1.55. The van der Waals surface area contributed by atoms with Crippen LogP contribution in [0.4, 0.5) is 5.69 Å². The molecule has 0 unspecified atom stereocenters. The Hall–Kier alpha value is -4.58. The van der Waals surface area contributed by atoms with E-state index < -0.39 is 20.9 Å². The number of ether oxygens (including phenoxy) is 2. The van der Waals surface area contributed by atoms with Crippen LogP contribution in [0.3, 0.4) is 0 Å². The Morgan fingerprint density at radius 3 is 2.44 bits per heavy atom. The van der Waals surface area contributed by atoms with E-state index in [0.29, 0.717) is 22.4 Å². The van der Waals surface area contributed by atoms with Crippen molar-refractivity contribution in [2.45, 2.75) is 4.90 Å². The van der Waals surface area contributed by atoms with Crippen molar-refractivity contribution in [3.63, 3.8) is 0 Å². The fraction of sp³-hybridized carbons (Fsp3) is 0.125. The molecule has 0 saturated heterocycles. The summed E-state index contributed by atoms with van der Waals surface area (Å²) in [7, 11) is -2.39. The summed E-state index contributed by atoms with van der Waals surface area (Å²) in [5, 5.41) is 16.5. The quantitative estimate of drug-likeness (QED) is 0.195. The molecule has 1 heterocycles. The summed E-state index contributed by atoms with van der Waals surface area (Å²) >= 11 is 0. The number of non-ortho nitro benzene ring substituents is 1. The average molecular weight is 509 g/mol. The van der Waals surface area contributed by atoms with Crippen molar-refractivity contribution in [1.29, 1.82) is 0 Å². The second kappa shape index (κ2) is 10.4. The van der Waals surface area contributed by atoms with E-state index in [-0.39, 0.29) is 29.6 Å². The molecule has 0 aliphatic carbocycles. The van der Waals surface area contributed by atoms with Crippen LogP contribution in [0.2, 0.25) is 0 Å². The highest BCUT2D eigenvalue weighted by Gasteiger charge is 2.31. The first-order valence-corrected chi connectivity index (χ1v) is 12.0. The first-order valence-electron chi connectivity index (χ1n) is 10.6. The van der Waals surface area contributed by atoms with E-state index in [0.717, 1.165) is 0 Å². The third kappa shape index (κ3) is 5.39. The number of methoxy groups -OCH3 is 1. The number of hydrazone groups is 1. The summed E-state index contributed by atoms with van der Waals surface area (Å²) < 4.78 is 39.4. The van der Waals surface area contributed by atoms with E-state index in [1.54, 1.807) is 42.5 Å². The topological polar surface area (TPSA) is 141 Å². The lowest BCUT2D eigenvalue weighted by atomic mass is 10.2. The van der Waals surface area contributed by atoms with Gasteiger partial charge in [-0.3, -0.25) is 10.1 Å². The van der Waals surface area contributed by atoms with Gasteiger partial charge in [0.25, 0.3) is 15.7 Å². The minimum Gasteiger partial charge on any atom is -0.497 e. The number of nitrogens with zero attached hydrogens (tertiary/aromatic N) is 4. The zero-order chi connectivity index (χ0) is 25.7. The van der Waals surface area contributed by atoms with Gasteiger partial charge in [0, 0.05) is 17.7 Å². The summed E-state index contributed by atoms with van der Waals surface area (Å²) in [5.41, 5.74) is 1.15. The molecular weight excluding hydrogens is 488 g/mol. The summed E-state index contributed by atoms with van der Waals surface area (Å²) in [5.74, 6) is 0.0972. The van der Waals surface area contributed by atoms with Crippen molar-refractivity contribution in [2.75, 3.05) is 20.3 Å². The van der Waals surface area contributed by atoms with Crippen molar-refractivity contribution in [2.24, 2.45) is 9.50 Å². The van der Waals surface area contributed by atoms with Gasteiger partial charge in [-0.1, -0.05) is 12.1 Å². The maximum atomic E-state index is 12.5. The lowest BCUT2D eigenvalue weighted by Gasteiger charge is -2.19. The van der Waals surface area contributed by atoms with Gasteiger partial charge in [0.2, 0.25) is 0 Å². The predicted octanol–water partition coefficient (Wildman–Crippen LogP) is 3.25. The van der Waals surface area contributed by atoms with Crippen molar-refractivity contribution in [3.05, 3.63) is 99.6 Å². The van der Waals surface area contributed by atoms with E-state index >= 15 is 0 Å².